The van der Waals surface area contributed by atoms with Crippen molar-refractivity contribution in [2.24, 2.45) is 5.92 Å². The van der Waals surface area contributed by atoms with Gasteiger partial charge in [0.25, 0.3) is 5.91 Å². The van der Waals surface area contributed by atoms with Crippen molar-refractivity contribution in [3.8, 4) is 0 Å². The summed E-state index contributed by atoms with van der Waals surface area (Å²) in [6, 6.07) is 8.80. The first-order valence-corrected chi connectivity index (χ1v) is 10.2. The number of nitrogens with zero attached hydrogens (tertiary/aromatic N) is 1. The van der Waals surface area contributed by atoms with Crippen LogP contribution in [-0.4, -0.2) is 28.6 Å². The van der Waals surface area contributed by atoms with Gasteiger partial charge in [-0.1, -0.05) is 70.4 Å². The second-order valence-corrected chi connectivity index (χ2v) is 7.34. The average molecular weight is 391 g/mol. The molecule has 3 N–H and O–H groups in total. The number of carbonyl (C=O) groups excluding carboxylic acids is 2. The largest absolute Gasteiger partial charge is 0.361 e. The molecule has 27 heavy (non-hydrogen) atoms. The van der Waals surface area contributed by atoms with Gasteiger partial charge in [-0.3, -0.25) is 10.2 Å². The molecule has 148 valence electrons. The number of benzene rings is 1. The topological polar surface area (TPSA) is 73.5 Å². The van der Waals surface area contributed by atoms with E-state index in [1.54, 1.807) is 0 Å². The summed E-state index contributed by atoms with van der Waals surface area (Å²) < 4.78 is 0. The van der Waals surface area contributed by atoms with Gasteiger partial charge in [0.2, 0.25) is 0 Å². The fourth-order valence-electron chi connectivity index (χ4n) is 3.36. The summed E-state index contributed by atoms with van der Waals surface area (Å²) in [4.78, 5) is 25.5. The Morgan fingerprint density at radius 1 is 1.22 bits per heavy atom. The highest BCUT2D eigenvalue weighted by Gasteiger charge is 2.51. The van der Waals surface area contributed by atoms with Gasteiger partial charge in [-0.05, 0) is 36.5 Å². The summed E-state index contributed by atoms with van der Waals surface area (Å²) in [5, 5.41) is 7.24. The lowest BCUT2D eigenvalue weighted by Crippen LogP contribution is -2.52. The normalized spacial score (nSPS) is 20.3. The lowest BCUT2D eigenvalue weighted by Gasteiger charge is -2.26. The summed E-state index contributed by atoms with van der Waals surface area (Å²) in [6.45, 7) is 6.94. The Labute approximate surface area is 167 Å². The second kappa shape index (κ2) is 9.69. The van der Waals surface area contributed by atoms with E-state index in [2.05, 4.69) is 29.9 Å². The maximum atomic E-state index is 13.0. The lowest BCUT2D eigenvalue weighted by atomic mass is 9.87. The molecule has 1 aliphatic rings. The highest BCUT2D eigenvalue weighted by Crippen LogP contribution is 2.31. The van der Waals surface area contributed by atoms with Crippen LogP contribution in [0.2, 0.25) is 0 Å². The maximum absolute atomic E-state index is 13.0. The third-order valence-corrected chi connectivity index (χ3v) is 5.43. The molecule has 2 rings (SSSR count). The van der Waals surface area contributed by atoms with Crippen LogP contribution in [0.3, 0.4) is 0 Å². The lowest BCUT2D eigenvalue weighted by molar-refractivity contribution is -0.133. The summed E-state index contributed by atoms with van der Waals surface area (Å²) in [5.41, 5.74) is 2.47. The molecule has 0 aliphatic carbocycles. The van der Waals surface area contributed by atoms with E-state index < -0.39 is 11.6 Å². The van der Waals surface area contributed by atoms with Crippen LogP contribution in [0.1, 0.15) is 58.4 Å². The van der Waals surface area contributed by atoms with E-state index in [1.165, 1.54) is 12.8 Å². The molecule has 6 nitrogen and oxygen atoms in total. The van der Waals surface area contributed by atoms with E-state index >= 15 is 0 Å². The molecule has 0 bridgehead atoms. The monoisotopic (exact) mass is 390 g/mol. The van der Waals surface area contributed by atoms with Crippen molar-refractivity contribution in [1.29, 1.82) is 0 Å². The molecule has 3 amide bonds. The number of hydrazine groups is 1. The average Bonchev–Trinajstić information content (AvgIpc) is 2.94. The number of urea groups is 1. The van der Waals surface area contributed by atoms with Gasteiger partial charge in [-0.15, -0.1) is 0 Å². The minimum absolute atomic E-state index is 0.286. The number of amides is 3. The smallest absolute Gasteiger partial charge is 0.344 e. The number of nitrogens with one attached hydrogen (secondary N) is 3. The zero-order valence-corrected chi connectivity index (χ0v) is 17.2. The van der Waals surface area contributed by atoms with Crippen LogP contribution in [0.4, 0.5) is 4.79 Å². The van der Waals surface area contributed by atoms with Crippen LogP contribution >= 0.6 is 12.2 Å². The highest BCUT2D eigenvalue weighted by atomic mass is 32.1. The first-order chi connectivity index (χ1) is 13.0. The van der Waals surface area contributed by atoms with Crippen molar-refractivity contribution < 1.29 is 9.59 Å². The standard InChI is InChI=1S/C20H30N4O2S/c1-4-7-11-15(5-2)14-21-18(27)23-24-17(25)20(6-3,22-19(24)26)16-12-9-8-10-13-16/h8-10,12-13,15H,4-7,11,14H2,1-3H3,(H,22,26)(H2,21,23,27)/t15-,20-/m0/s1. The first-order valence-electron chi connectivity index (χ1n) is 9.75. The number of rotatable bonds is 9. The van der Waals surface area contributed by atoms with E-state index in [4.69, 9.17) is 12.2 Å². The van der Waals surface area contributed by atoms with Crippen LogP contribution in [0, 0.1) is 5.92 Å². The van der Waals surface area contributed by atoms with Crippen LogP contribution in [0.15, 0.2) is 30.3 Å². The van der Waals surface area contributed by atoms with Crippen LogP contribution in [0.5, 0.6) is 0 Å². The van der Waals surface area contributed by atoms with Gasteiger partial charge in [0, 0.05) is 6.54 Å². The van der Waals surface area contributed by atoms with Crippen molar-refractivity contribution in [2.45, 2.75) is 58.4 Å². The van der Waals surface area contributed by atoms with Crippen LogP contribution < -0.4 is 16.1 Å². The fourth-order valence-corrected chi connectivity index (χ4v) is 3.53. The highest BCUT2D eigenvalue weighted by molar-refractivity contribution is 7.80. The summed E-state index contributed by atoms with van der Waals surface area (Å²) in [5.74, 6) is 0.176. The van der Waals surface area contributed by atoms with Gasteiger partial charge in [0.1, 0.15) is 5.54 Å². The Balaban J connectivity index is 2.01. The molecule has 1 aromatic rings. The summed E-state index contributed by atoms with van der Waals surface area (Å²) in [7, 11) is 0. The van der Waals surface area contributed by atoms with E-state index in [1.807, 2.05) is 37.3 Å². The van der Waals surface area contributed by atoms with Gasteiger partial charge >= 0.3 is 6.03 Å². The van der Waals surface area contributed by atoms with Gasteiger partial charge in [-0.2, -0.15) is 5.01 Å². The molecule has 7 heteroatoms. The van der Waals surface area contributed by atoms with E-state index in [0.717, 1.165) is 30.0 Å². The molecule has 1 fully saturated rings. The maximum Gasteiger partial charge on any atom is 0.344 e. The van der Waals surface area contributed by atoms with E-state index in [0.29, 0.717) is 12.3 Å². The van der Waals surface area contributed by atoms with Crippen LogP contribution in [0.25, 0.3) is 0 Å². The van der Waals surface area contributed by atoms with E-state index in [9.17, 15) is 9.59 Å². The quantitative estimate of drug-likeness (QED) is 0.445. The molecule has 0 spiro atoms. The van der Waals surface area contributed by atoms with Crippen molar-refractivity contribution in [1.82, 2.24) is 21.1 Å². The number of imide groups is 1. The Bertz CT molecular complexity index is 667. The fraction of sp³-hybridized carbons (Fsp3) is 0.550. The Morgan fingerprint density at radius 3 is 2.52 bits per heavy atom. The molecule has 1 aliphatic heterocycles. The molecule has 1 aromatic carbocycles. The number of carbonyl (C=O) groups is 2. The molecular weight excluding hydrogens is 360 g/mol. The summed E-state index contributed by atoms with van der Waals surface area (Å²) >= 11 is 5.31. The molecule has 1 heterocycles. The summed E-state index contributed by atoms with van der Waals surface area (Å²) in [6.07, 6.45) is 5.00. The molecular formula is C20H30N4O2S. The number of hydrogen-bond acceptors (Lipinski definition) is 3. The van der Waals surface area contributed by atoms with Gasteiger partial charge in [-0.25, -0.2) is 4.79 Å². The minimum Gasteiger partial charge on any atom is -0.361 e. The third kappa shape index (κ3) is 4.77. The predicted molar refractivity (Wildman–Crippen MR) is 111 cm³/mol. The molecule has 0 saturated carbocycles. The molecule has 0 radical (unpaired) electrons. The van der Waals surface area contributed by atoms with Crippen molar-refractivity contribution in [2.75, 3.05) is 6.54 Å². The third-order valence-electron chi connectivity index (χ3n) is 5.20. The SMILES string of the molecule is CCCC[C@H](CC)CNC(=S)NN1C(=O)N[C@@](CC)(c2ccccc2)C1=O. The second-order valence-electron chi connectivity index (χ2n) is 6.93. The van der Waals surface area contributed by atoms with Crippen molar-refractivity contribution >= 4 is 29.3 Å². The first kappa shape index (κ1) is 21.2. The molecule has 1 saturated heterocycles. The van der Waals surface area contributed by atoms with Crippen LogP contribution in [-0.2, 0) is 10.3 Å². The molecule has 0 unspecified atom stereocenters. The minimum atomic E-state index is -1.06. The number of thiocarbonyl (C=S) groups is 1. The molecule has 2 atom stereocenters. The number of unbranched alkanes of at least 4 members (excludes halogenated alkanes) is 1. The number of hydrogen-bond donors (Lipinski definition) is 3. The molecule has 0 aromatic heterocycles. The Kier molecular flexibility index (Phi) is 7.59. The Hall–Kier alpha value is -2.15. The van der Waals surface area contributed by atoms with Gasteiger partial charge in [0.15, 0.2) is 5.11 Å². The predicted octanol–water partition coefficient (Wildman–Crippen LogP) is 3.44. The zero-order valence-electron chi connectivity index (χ0n) is 16.4. The Morgan fingerprint density at radius 2 is 1.93 bits per heavy atom. The van der Waals surface area contributed by atoms with Gasteiger partial charge in [0.05, 0.1) is 0 Å². The zero-order chi connectivity index (χ0) is 19.9. The van der Waals surface area contributed by atoms with Crippen molar-refractivity contribution in [3.63, 3.8) is 0 Å². The van der Waals surface area contributed by atoms with Gasteiger partial charge < -0.3 is 10.6 Å². The van der Waals surface area contributed by atoms with E-state index in [-0.39, 0.29) is 11.0 Å². The van der Waals surface area contributed by atoms with Crippen molar-refractivity contribution in [3.05, 3.63) is 35.9 Å².